The number of rotatable bonds is 5. The highest BCUT2D eigenvalue weighted by Crippen LogP contribution is 2.26. The van der Waals surface area contributed by atoms with Crippen molar-refractivity contribution in [2.75, 3.05) is 38.2 Å². The van der Waals surface area contributed by atoms with Crippen molar-refractivity contribution in [3.05, 3.63) is 53.4 Å². The Bertz CT molecular complexity index is 832. The maximum atomic E-state index is 13.3. The van der Waals surface area contributed by atoms with Crippen LogP contribution < -0.4 is 5.32 Å². The van der Waals surface area contributed by atoms with Crippen LogP contribution >= 0.6 is 11.3 Å². The zero-order valence-electron chi connectivity index (χ0n) is 13.7. The molecule has 2 aromatic heterocycles. The van der Waals surface area contributed by atoms with Crippen LogP contribution in [0.15, 0.2) is 42.0 Å². The van der Waals surface area contributed by atoms with Crippen molar-refractivity contribution in [1.82, 2.24) is 14.9 Å². The number of nitrogens with zero attached hydrogens (tertiary/aromatic N) is 3. The Kier molecular flexibility index (Phi) is 4.87. The van der Waals surface area contributed by atoms with Gasteiger partial charge in [0, 0.05) is 19.6 Å². The van der Waals surface area contributed by atoms with Gasteiger partial charge in [0.1, 0.15) is 22.8 Å². The van der Waals surface area contributed by atoms with E-state index in [0.29, 0.717) is 6.54 Å². The molecule has 1 atom stereocenters. The number of nitrogens with one attached hydrogen (secondary N) is 1. The van der Waals surface area contributed by atoms with Crippen LogP contribution in [-0.4, -0.2) is 47.7 Å². The first kappa shape index (κ1) is 16.4. The van der Waals surface area contributed by atoms with Crippen molar-refractivity contribution < 1.29 is 9.13 Å². The molecule has 7 heteroatoms. The molecule has 1 saturated heterocycles. The van der Waals surface area contributed by atoms with E-state index in [2.05, 4.69) is 20.2 Å². The fourth-order valence-corrected chi connectivity index (χ4v) is 3.89. The highest BCUT2D eigenvalue weighted by atomic mass is 32.1. The van der Waals surface area contributed by atoms with Crippen LogP contribution in [0.5, 0.6) is 0 Å². The van der Waals surface area contributed by atoms with Crippen LogP contribution in [0.1, 0.15) is 11.6 Å². The average Bonchev–Trinajstić information content (AvgIpc) is 3.14. The summed E-state index contributed by atoms with van der Waals surface area (Å²) in [5, 5.41) is 6.52. The summed E-state index contributed by atoms with van der Waals surface area (Å²) in [5.41, 5.74) is 1.09. The molecule has 1 N–H and O–H groups in total. The molecule has 25 heavy (non-hydrogen) atoms. The molecule has 1 aliphatic rings. The van der Waals surface area contributed by atoms with Gasteiger partial charge in [0.05, 0.1) is 24.6 Å². The quantitative estimate of drug-likeness (QED) is 0.758. The van der Waals surface area contributed by atoms with Gasteiger partial charge in [-0.1, -0.05) is 12.1 Å². The molecule has 0 amide bonds. The molecule has 4 rings (SSSR count). The summed E-state index contributed by atoms with van der Waals surface area (Å²) in [6.45, 7) is 3.86. The lowest BCUT2D eigenvalue weighted by molar-refractivity contribution is 0.0187. The van der Waals surface area contributed by atoms with Crippen molar-refractivity contribution in [3.8, 4) is 0 Å². The molecule has 0 bridgehead atoms. The van der Waals surface area contributed by atoms with Gasteiger partial charge in [0.15, 0.2) is 0 Å². The number of hydrogen-bond acceptors (Lipinski definition) is 6. The number of ether oxygens (including phenoxy) is 1. The molecule has 0 spiro atoms. The summed E-state index contributed by atoms with van der Waals surface area (Å²) in [4.78, 5) is 12.0. The van der Waals surface area contributed by atoms with Gasteiger partial charge in [-0.15, -0.1) is 11.3 Å². The van der Waals surface area contributed by atoms with Gasteiger partial charge in [0.2, 0.25) is 0 Å². The third-order valence-electron chi connectivity index (χ3n) is 4.47. The standard InChI is InChI=1S/C18H19FN4OS/c19-14-3-1-13(2-4-14)16(23-6-8-24-9-7-23)11-20-17-15-5-10-25-18(15)22-12-21-17/h1-5,10,12,16H,6-9,11H2,(H,20,21,22)/t16-/m1/s1. The van der Waals surface area contributed by atoms with E-state index in [1.54, 1.807) is 17.7 Å². The molecule has 0 aliphatic carbocycles. The van der Waals surface area contributed by atoms with Gasteiger partial charge in [0.25, 0.3) is 0 Å². The Hall–Kier alpha value is -2.09. The third kappa shape index (κ3) is 3.63. The second-order valence-corrected chi connectivity index (χ2v) is 6.85. The van der Waals surface area contributed by atoms with E-state index >= 15 is 0 Å². The molecular formula is C18H19FN4OS. The summed E-state index contributed by atoms with van der Waals surface area (Å²) in [6.07, 6.45) is 1.59. The molecule has 0 unspecified atom stereocenters. The lowest BCUT2D eigenvalue weighted by Crippen LogP contribution is -2.41. The van der Waals surface area contributed by atoms with Crippen molar-refractivity contribution in [2.45, 2.75) is 6.04 Å². The Morgan fingerprint density at radius 3 is 2.76 bits per heavy atom. The fourth-order valence-electron chi connectivity index (χ4n) is 3.16. The maximum absolute atomic E-state index is 13.3. The van der Waals surface area contributed by atoms with Crippen molar-refractivity contribution in [3.63, 3.8) is 0 Å². The molecule has 1 aliphatic heterocycles. The number of aromatic nitrogens is 2. The van der Waals surface area contributed by atoms with Gasteiger partial charge in [-0.05, 0) is 29.1 Å². The van der Waals surface area contributed by atoms with Crippen molar-refractivity contribution >= 4 is 27.4 Å². The predicted molar refractivity (Wildman–Crippen MR) is 97.4 cm³/mol. The van der Waals surface area contributed by atoms with Crippen LogP contribution in [0.4, 0.5) is 10.2 Å². The minimum atomic E-state index is -0.215. The van der Waals surface area contributed by atoms with Crippen molar-refractivity contribution in [1.29, 1.82) is 0 Å². The summed E-state index contributed by atoms with van der Waals surface area (Å²) in [7, 11) is 0. The lowest BCUT2D eigenvalue weighted by Gasteiger charge is -2.35. The highest BCUT2D eigenvalue weighted by molar-refractivity contribution is 7.16. The van der Waals surface area contributed by atoms with Crippen molar-refractivity contribution in [2.24, 2.45) is 0 Å². The molecule has 0 saturated carbocycles. The number of anilines is 1. The van der Waals surface area contributed by atoms with Crippen LogP contribution in [0, 0.1) is 5.82 Å². The molecule has 3 aromatic rings. The van der Waals surface area contributed by atoms with E-state index in [1.165, 1.54) is 12.1 Å². The van der Waals surface area contributed by atoms with E-state index in [4.69, 9.17) is 4.74 Å². The van der Waals surface area contributed by atoms with E-state index in [0.717, 1.165) is 47.9 Å². The largest absolute Gasteiger partial charge is 0.379 e. The van der Waals surface area contributed by atoms with Gasteiger partial charge >= 0.3 is 0 Å². The molecule has 1 fully saturated rings. The molecule has 1 aromatic carbocycles. The number of thiophene rings is 1. The zero-order chi connectivity index (χ0) is 17.1. The van der Waals surface area contributed by atoms with Crippen LogP contribution in [0.25, 0.3) is 10.2 Å². The van der Waals surface area contributed by atoms with Gasteiger partial charge < -0.3 is 10.1 Å². The van der Waals surface area contributed by atoms with E-state index in [-0.39, 0.29) is 11.9 Å². The Labute approximate surface area is 149 Å². The summed E-state index contributed by atoms with van der Waals surface area (Å²) >= 11 is 1.60. The minimum Gasteiger partial charge on any atom is -0.379 e. The lowest BCUT2D eigenvalue weighted by atomic mass is 10.0. The van der Waals surface area contributed by atoms with Crippen LogP contribution in [0.3, 0.4) is 0 Å². The third-order valence-corrected chi connectivity index (χ3v) is 5.29. The number of morpholine rings is 1. The van der Waals surface area contributed by atoms with Gasteiger partial charge in [-0.25, -0.2) is 14.4 Å². The smallest absolute Gasteiger partial charge is 0.138 e. The minimum absolute atomic E-state index is 0.133. The summed E-state index contributed by atoms with van der Waals surface area (Å²) in [5.74, 6) is 0.625. The maximum Gasteiger partial charge on any atom is 0.138 e. The topological polar surface area (TPSA) is 50.3 Å². The fraction of sp³-hybridized carbons (Fsp3) is 0.333. The number of benzene rings is 1. The summed E-state index contributed by atoms with van der Waals surface area (Å²) < 4.78 is 18.8. The number of fused-ring (bicyclic) bond motifs is 1. The van der Waals surface area contributed by atoms with Crippen LogP contribution in [-0.2, 0) is 4.74 Å². The molecule has 5 nitrogen and oxygen atoms in total. The first-order valence-electron chi connectivity index (χ1n) is 8.30. The number of halogens is 1. The normalized spacial score (nSPS) is 16.8. The van der Waals surface area contributed by atoms with E-state index in [9.17, 15) is 4.39 Å². The SMILES string of the molecule is Fc1ccc([C@@H](CNc2ncnc3sccc23)N2CCOCC2)cc1. The molecule has 3 heterocycles. The molecular weight excluding hydrogens is 339 g/mol. The van der Waals surface area contributed by atoms with E-state index in [1.807, 2.05) is 23.6 Å². The summed E-state index contributed by atoms with van der Waals surface area (Å²) in [6, 6.07) is 8.92. The van der Waals surface area contributed by atoms with Crippen LogP contribution in [0.2, 0.25) is 0 Å². The van der Waals surface area contributed by atoms with E-state index < -0.39 is 0 Å². The zero-order valence-corrected chi connectivity index (χ0v) is 14.5. The van der Waals surface area contributed by atoms with Gasteiger partial charge in [-0.2, -0.15) is 0 Å². The Morgan fingerprint density at radius 1 is 1.16 bits per heavy atom. The molecule has 0 radical (unpaired) electrons. The molecule has 130 valence electrons. The Balaban J connectivity index is 1.57. The first-order valence-corrected chi connectivity index (χ1v) is 9.18. The number of hydrogen-bond donors (Lipinski definition) is 1. The second kappa shape index (κ2) is 7.43. The highest BCUT2D eigenvalue weighted by Gasteiger charge is 2.23. The Morgan fingerprint density at radius 2 is 1.96 bits per heavy atom. The monoisotopic (exact) mass is 358 g/mol. The predicted octanol–water partition coefficient (Wildman–Crippen LogP) is 3.32. The average molecular weight is 358 g/mol. The first-order chi connectivity index (χ1) is 12.3. The second-order valence-electron chi connectivity index (χ2n) is 5.96. The van der Waals surface area contributed by atoms with Gasteiger partial charge in [-0.3, -0.25) is 4.90 Å².